The summed E-state index contributed by atoms with van der Waals surface area (Å²) in [5, 5.41) is 5.55. The molecular weight excluding hydrogens is 290 g/mol. The van der Waals surface area contributed by atoms with Crippen LogP contribution < -0.4 is 16.4 Å². The summed E-state index contributed by atoms with van der Waals surface area (Å²) < 4.78 is 0. The van der Waals surface area contributed by atoms with Gasteiger partial charge in [0, 0.05) is 5.54 Å². The highest BCUT2D eigenvalue weighted by molar-refractivity contribution is 5.87. The molecule has 1 aromatic rings. The predicted octanol–water partition coefficient (Wildman–Crippen LogP) is 1.53. The smallest absolute Gasteiger partial charge is 0.239 e. The number of benzene rings is 1. The molecule has 0 aliphatic carbocycles. The van der Waals surface area contributed by atoms with Crippen LogP contribution in [0.1, 0.15) is 38.8 Å². The fourth-order valence-electron chi connectivity index (χ4n) is 2.34. The number of aryl methyl sites for hydroxylation is 1. The van der Waals surface area contributed by atoms with Crippen molar-refractivity contribution in [3.05, 3.63) is 35.4 Å². The number of hydrogen-bond donors (Lipinski definition) is 3. The molecule has 23 heavy (non-hydrogen) atoms. The molecule has 0 aromatic heterocycles. The first-order valence-corrected chi connectivity index (χ1v) is 8.01. The third kappa shape index (κ3) is 6.40. The van der Waals surface area contributed by atoms with Gasteiger partial charge in [0.15, 0.2) is 0 Å². The number of rotatable bonds is 7. The van der Waals surface area contributed by atoms with Crippen LogP contribution in [0.15, 0.2) is 24.3 Å². The van der Waals surface area contributed by atoms with Crippen LogP contribution >= 0.6 is 0 Å². The summed E-state index contributed by atoms with van der Waals surface area (Å²) in [5.41, 5.74) is 7.75. The number of carbonyl (C=O) groups is 2. The molecule has 0 radical (unpaired) electrons. The van der Waals surface area contributed by atoms with Crippen molar-refractivity contribution in [1.29, 1.82) is 0 Å². The minimum atomic E-state index is -0.595. The van der Waals surface area contributed by atoms with Gasteiger partial charge in [0.05, 0.1) is 12.6 Å². The zero-order valence-electron chi connectivity index (χ0n) is 14.8. The van der Waals surface area contributed by atoms with Crippen molar-refractivity contribution in [2.45, 2.75) is 52.6 Å². The Morgan fingerprint density at radius 1 is 1.22 bits per heavy atom. The minimum absolute atomic E-state index is 0.0376. The third-order valence-electron chi connectivity index (χ3n) is 3.82. The van der Waals surface area contributed by atoms with Crippen molar-refractivity contribution >= 4 is 11.8 Å². The van der Waals surface area contributed by atoms with Crippen molar-refractivity contribution in [1.82, 2.24) is 10.6 Å². The number of carbonyl (C=O) groups excluding carboxylic acids is 2. The van der Waals surface area contributed by atoms with E-state index >= 15 is 0 Å². The molecule has 1 aromatic carbocycles. The van der Waals surface area contributed by atoms with E-state index in [-0.39, 0.29) is 24.3 Å². The minimum Gasteiger partial charge on any atom is -0.349 e. The molecule has 5 heteroatoms. The molecule has 2 amide bonds. The second kappa shape index (κ2) is 8.11. The molecule has 0 heterocycles. The first kappa shape index (κ1) is 19.2. The maximum absolute atomic E-state index is 12.1. The molecule has 0 aliphatic rings. The molecule has 0 aliphatic heterocycles. The third-order valence-corrected chi connectivity index (χ3v) is 3.82. The Morgan fingerprint density at radius 3 is 2.39 bits per heavy atom. The first-order valence-electron chi connectivity index (χ1n) is 8.01. The molecule has 0 fully saturated rings. The van der Waals surface area contributed by atoms with Gasteiger partial charge in [-0.05, 0) is 44.2 Å². The number of amides is 2. The van der Waals surface area contributed by atoms with Crippen molar-refractivity contribution < 1.29 is 9.59 Å². The van der Waals surface area contributed by atoms with Gasteiger partial charge in [-0.1, -0.05) is 38.1 Å². The van der Waals surface area contributed by atoms with Crippen LogP contribution in [0, 0.1) is 12.8 Å². The summed E-state index contributed by atoms with van der Waals surface area (Å²) in [5.74, 6) is -0.477. The van der Waals surface area contributed by atoms with Gasteiger partial charge in [0.2, 0.25) is 11.8 Å². The lowest BCUT2D eigenvalue weighted by Gasteiger charge is -2.27. The predicted molar refractivity (Wildman–Crippen MR) is 92.9 cm³/mol. The molecule has 0 spiro atoms. The summed E-state index contributed by atoms with van der Waals surface area (Å²) in [6.45, 7) is 9.68. The average Bonchev–Trinajstić information content (AvgIpc) is 2.45. The lowest BCUT2D eigenvalue weighted by molar-refractivity contribution is -0.128. The van der Waals surface area contributed by atoms with E-state index in [1.807, 2.05) is 39.8 Å². The summed E-state index contributed by atoms with van der Waals surface area (Å²) in [6, 6.07) is 7.52. The van der Waals surface area contributed by atoms with Crippen LogP contribution in [0.4, 0.5) is 0 Å². The summed E-state index contributed by atoms with van der Waals surface area (Å²) >= 11 is 0. The zero-order chi connectivity index (χ0) is 17.6. The fraction of sp³-hybridized carbons (Fsp3) is 0.556. The fourth-order valence-corrected chi connectivity index (χ4v) is 2.34. The van der Waals surface area contributed by atoms with Crippen molar-refractivity contribution in [2.24, 2.45) is 11.7 Å². The molecule has 0 bridgehead atoms. The van der Waals surface area contributed by atoms with E-state index in [0.29, 0.717) is 0 Å². The summed E-state index contributed by atoms with van der Waals surface area (Å²) in [4.78, 5) is 23.8. The van der Waals surface area contributed by atoms with Gasteiger partial charge in [0.1, 0.15) is 0 Å². The van der Waals surface area contributed by atoms with E-state index < -0.39 is 11.6 Å². The monoisotopic (exact) mass is 319 g/mol. The van der Waals surface area contributed by atoms with Crippen molar-refractivity contribution in [2.75, 3.05) is 6.54 Å². The molecule has 1 atom stereocenters. The quantitative estimate of drug-likeness (QED) is 0.712. The van der Waals surface area contributed by atoms with Crippen LogP contribution in [-0.4, -0.2) is 29.9 Å². The van der Waals surface area contributed by atoms with Crippen molar-refractivity contribution in [3.8, 4) is 0 Å². The molecule has 1 rings (SSSR count). The molecule has 4 N–H and O–H groups in total. The molecule has 0 saturated heterocycles. The Hall–Kier alpha value is -1.88. The van der Waals surface area contributed by atoms with Gasteiger partial charge in [-0.2, -0.15) is 0 Å². The SMILES string of the molecule is Cc1ccccc1CC(C)(C)NC(=O)CNC(=O)[C@@H](N)C(C)C. The van der Waals surface area contributed by atoms with Gasteiger partial charge in [-0.15, -0.1) is 0 Å². The maximum Gasteiger partial charge on any atom is 0.239 e. The number of nitrogens with one attached hydrogen (secondary N) is 2. The van der Waals surface area contributed by atoms with Crippen LogP contribution in [0.25, 0.3) is 0 Å². The van der Waals surface area contributed by atoms with E-state index in [0.717, 1.165) is 6.42 Å². The molecule has 0 saturated carbocycles. The first-order chi connectivity index (χ1) is 10.6. The van der Waals surface area contributed by atoms with Gasteiger partial charge >= 0.3 is 0 Å². The van der Waals surface area contributed by atoms with Crippen molar-refractivity contribution in [3.63, 3.8) is 0 Å². The van der Waals surface area contributed by atoms with E-state index in [9.17, 15) is 9.59 Å². The Morgan fingerprint density at radius 2 is 1.83 bits per heavy atom. The van der Waals surface area contributed by atoms with Crippen LogP contribution in [-0.2, 0) is 16.0 Å². The maximum atomic E-state index is 12.1. The van der Waals surface area contributed by atoms with Gasteiger partial charge in [0.25, 0.3) is 0 Å². The van der Waals surface area contributed by atoms with E-state index in [1.165, 1.54) is 11.1 Å². The van der Waals surface area contributed by atoms with E-state index in [4.69, 9.17) is 5.73 Å². The van der Waals surface area contributed by atoms with Crippen LogP contribution in [0.5, 0.6) is 0 Å². The lowest BCUT2D eigenvalue weighted by Crippen LogP contribution is -2.51. The second-order valence-corrected chi connectivity index (χ2v) is 7.02. The Balaban J connectivity index is 2.52. The Bertz CT molecular complexity index is 553. The molecule has 5 nitrogen and oxygen atoms in total. The number of nitrogens with two attached hydrogens (primary N) is 1. The zero-order valence-corrected chi connectivity index (χ0v) is 14.8. The van der Waals surface area contributed by atoms with Gasteiger partial charge < -0.3 is 16.4 Å². The highest BCUT2D eigenvalue weighted by Crippen LogP contribution is 2.16. The average molecular weight is 319 g/mol. The molecule has 0 unspecified atom stereocenters. The number of hydrogen-bond acceptors (Lipinski definition) is 3. The summed E-state index contributed by atoms with van der Waals surface area (Å²) in [7, 11) is 0. The van der Waals surface area contributed by atoms with Gasteiger partial charge in [-0.3, -0.25) is 9.59 Å². The topological polar surface area (TPSA) is 84.2 Å². The standard InChI is InChI=1S/C18H29N3O2/c1-12(2)16(19)17(23)20-11-15(22)21-18(4,5)10-14-9-7-6-8-13(14)3/h6-9,12,16H,10-11,19H2,1-5H3,(H,20,23)(H,21,22)/t16-/m0/s1. The second-order valence-electron chi connectivity index (χ2n) is 7.02. The highest BCUT2D eigenvalue weighted by atomic mass is 16.2. The van der Waals surface area contributed by atoms with E-state index in [1.54, 1.807) is 0 Å². The lowest BCUT2D eigenvalue weighted by atomic mass is 9.92. The molecule has 128 valence electrons. The Labute approximate surface area is 139 Å². The van der Waals surface area contributed by atoms with E-state index in [2.05, 4.69) is 29.7 Å². The van der Waals surface area contributed by atoms with Crippen LogP contribution in [0.2, 0.25) is 0 Å². The summed E-state index contributed by atoms with van der Waals surface area (Å²) in [6.07, 6.45) is 0.727. The van der Waals surface area contributed by atoms with Gasteiger partial charge in [-0.25, -0.2) is 0 Å². The largest absolute Gasteiger partial charge is 0.349 e. The highest BCUT2D eigenvalue weighted by Gasteiger charge is 2.23. The molecular formula is C18H29N3O2. The normalized spacial score (nSPS) is 12.8. The Kier molecular flexibility index (Phi) is 6.76. The van der Waals surface area contributed by atoms with Crippen LogP contribution in [0.3, 0.4) is 0 Å².